The smallest absolute Gasteiger partial charge is 0.269 e. The maximum absolute atomic E-state index is 12.2. The number of carbonyl (C=O) groups is 1. The van der Waals surface area contributed by atoms with E-state index in [9.17, 15) is 4.79 Å². The summed E-state index contributed by atoms with van der Waals surface area (Å²) in [4.78, 5) is 12.2. The Kier molecular flexibility index (Phi) is 4.61. The van der Waals surface area contributed by atoms with Gasteiger partial charge in [-0.15, -0.1) is 0 Å². The number of fused-ring (bicyclic) bond motifs is 1. The standard InChI is InChI=1S/C19H17N5OS/c25-19(16-12-15(22-23-16)13-6-2-1-3-7-13)21-11-10-20-18-14-8-4-5-9-17(14)26-24-18/h1-9,12H,10-11H2,(H,20,24)(H,21,25)(H,22,23). The number of H-pyrrole nitrogens is 1. The highest BCUT2D eigenvalue weighted by Gasteiger charge is 2.10. The van der Waals surface area contributed by atoms with Crippen molar-refractivity contribution in [2.24, 2.45) is 0 Å². The first-order chi connectivity index (χ1) is 12.8. The first-order valence-corrected chi connectivity index (χ1v) is 9.06. The van der Waals surface area contributed by atoms with Crippen LogP contribution in [0.5, 0.6) is 0 Å². The number of amides is 1. The van der Waals surface area contributed by atoms with Crippen molar-refractivity contribution in [3.05, 3.63) is 66.4 Å². The number of anilines is 1. The van der Waals surface area contributed by atoms with E-state index in [2.05, 4.69) is 25.2 Å². The number of aromatic nitrogens is 3. The quantitative estimate of drug-likeness (QED) is 0.458. The monoisotopic (exact) mass is 363 g/mol. The van der Waals surface area contributed by atoms with Crippen LogP contribution in [0, 0.1) is 0 Å². The number of benzene rings is 2. The third-order valence-electron chi connectivity index (χ3n) is 3.97. The molecule has 1 amide bonds. The van der Waals surface area contributed by atoms with Gasteiger partial charge < -0.3 is 10.6 Å². The second-order valence-electron chi connectivity index (χ2n) is 5.74. The normalized spacial score (nSPS) is 10.8. The van der Waals surface area contributed by atoms with Gasteiger partial charge in [-0.1, -0.05) is 42.5 Å². The molecule has 130 valence electrons. The zero-order valence-corrected chi connectivity index (χ0v) is 14.7. The maximum atomic E-state index is 12.2. The summed E-state index contributed by atoms with van der Waals surface area (Å²) in [6.45, 7) is 1.09. The fraction of sp³-hybridized carbons (Fsp3) is 0.105. The summed E-state index contributed by atoms with van der Waals surface area (Å²) in [5.41, 5.74) is 2.17. The number of hydrogen-bond acceptors (Lipinski definition) is 5. The highest BCUT2D eigenvalue weighted by Crippen LogP contribution is 2.25. The van der Waals surface area contributed by atoms with Gasteiger partial charge in [0.25, 0.3) is 5.91 Å². The maximum Gasteiger partial charge on any atom is 0.269 e. The lowest BCUT2D eigenvalue weighted by molar-refractivity contribution is 0.0950. The van der Waals surface area contributed by atoms with E-state index in [1.54, 1.807) is 6.07 Å². The van der Waals surface area contributed by atoms with Crippen molar-refractivity contribution in [1.29, 1.82) is 0 Å². The molecule has 0 aliphatic carbocycles. The highest BCUT2D eigenvalue weighted by molar-refractivity contribution is 7.13. The Labute approximate surface area is 154 Å². The molecule has 4 aromatic rings. The third kappa shape index (κ3) is 3.43. The van der Waals surface area contributed by atoms with E-state index < -0.39 is 0 Å². The van der Waals surface area contributed by atoms with Crippen molar-refractivity contribution in [2.45, 2.75) is 0 Å². The molecule has 0 aliphatic rings. The molecule has 2 aromatic carbocycles. The van der Waals surface area contributed by atoms with Crippen LogP contribution in [0.2, 0.25) is 0 Å². The minimum atomic E-state index is -0.176. The molecule has 0 spiro atoms. The molecule has 3 N–H and O–H groups in total. The Balaban J connectivity index is 1.31. The topological polar surface area (TPSA) is 82.7 Å². The van der Waals surface area contributed by atoms with E-state index in [0.29, 0.717) is 18.8 Å². The number of carbonyl (C=O) groups excluding carboxylic acids is 1. The second-order valence-corrected chi connectivity index (χ2v) is 6.55. The zero-order chi connectivity index (χ0) is 17.8. The van der Waals surface area contributed by atoms with E-state index in [1.165, 1.54) is 11.5 Å². The number of aromatic amines is 1. The van der Waals surface area contributed by atoms with E-state index in [0.717, 1.165) is 27.2 Å². The summed E-state index contributed by atoms with van der Waals surface area (Å²) >= 11 is 1.46. The zero-order valence-electron chi connectivity index (χ0n) is 13.9. The minimum absolute atomic E-state index is 0.176. The highest BCUT2D eigenvalue weighted by atomic mass is 32.1. The Hall–Kier alpha value is -3.19. The van der Waals surface area contributed by atoms with Crippen molar-refractivity contribution in [2.75, 3.05) is 18.4 Å². The number of nitrogens with one attached hydrogen (secondary N) is 3. The van der Waals surface area contributed by atoms with Gasteiger partial charge in [-0.05, 0) is 29.7 Å². The van der Waals surface area contributed by atoms with Crippen molar-refractivity contribution in [1.82, 2.24) is 19.9 Å². The lowest BCUT2D eigenvalue weighted by Crippen LogP contribution is -2.29. The molecular formula is C19H17N5OS. The van der Waals surface area contributed by atoms with Gasteiger partial charge >= 0.3 is 0 Å². The van der Waals surface area contributed by atoms with E-state index in [4.69, 9.17) is 0 Å². The predicted molar refractivity (Wildman–Crippen MR) is 104 cm³/mol. The first-order valence-electron chi connectivity index (χ1n) is 8.28. The molecule has 2 heterocycles. The van der Waals surface area contributed by atoms with Crippen LogP contribution in [0.15, 0.2) is 60.7 Å². The van der Waals surface area contributed by atoms with Crippen LogP contribution in [0.1, 0.15) is 10.5 Å². The van der Waals surface area contributed by atoms with Gasteiger partial charge in [-0.25, -0.2) is 0 Å². The molecule has 0 unspecified atom stereocenters. The molecule has 0 fully saturated rings. The van der Waals surface area contributed by atoms with E-state index in [-0.39, 0.29) is 5.91 Å². The van der Waals surface area contributed by atoms with Crippen molar-refractivity contribution in [3.8, 4) is 11.3 Å². The number of hydrogen-bond donors (Lipinski definition) is 3. The van der Waals surface area contributed by atoms with Gasteiger partial charge in [0.2, 0.25) is 0 Å². The second kappa shape index (κ2) is 7.37. The summed E-state index contributed by atoms with van der Waals surface area (Å²) in [6.07, 6.45) is 0. The van der Waals surface area contributed by atoms with Gasteiger partial charge in [-0.2, -0.15) is 9.47 Å². The van der Waals surface area contributed by atoms with Gasteiger partial charge in [0.1, 0.15) is 11.5 Å². The average molecular weight is 363 g/mol. The van der Waals surface area contributed by atoms with Crippen LogP contribution < -0.4 is 10.6 Å². The third-order valence-corrected chi connectivity index (χ3v) is 4.80. The lowest BCUT2D eigenvalue weighted by atomic mass is 10.1. The SMILES string of the molecule is O=C(NCCNc1nsc2ccccc12)c1cc(-c2ccccc2)n[nH]1. The van der Waals surface area contributed by atoms with Crippen molar-refractivity contribution in [3.63, 3.8) is 0 Å². The Bertz CT molecular complexity index is 1020. The van der Waals surface area contributed by atoms with Crippen LogP contribution in [0.4, 0.5) is 5.82 Å². The summed E-state index contributed by atoms with van der Waals surface area (Å²) in [6, 6.07) is 19.6. The fourth-order valence-electron chi connectivity index (χ4n) is 2.66. The summed E-state index contributed by atoms with van der Waals surface area (Å²) in [5.74, 6) is 0.678. The average Bonchev–Trinajstić information content (AvgIpc) is 3.33. The minimum Gasteiger partial charge on any atom is -0.367 e. The first kappa shape index (κ1) is 16.3. The van der Waals surface area contributed by atoms with Crippen LogP contribution in [0.3, 0.4) is 0 Å². The van der Waals surface area contributed by atoms with Gasteiger partial charge in [0.05, 0.1) is 10.4 Å². The molecule has 7 heteroatoms. The van der Waals surface area contributed by atoms with Crippen LogP contribution in [0.25, 0.3) is 21.3 Å². The van der Waals surface area contributed by atoms with Crippen molar-refractivity contribution < 1.29 is 4.79 Å². The molecular weight excluding hydrogens is 346 g/mol. The molecule has 0 atom stereocenters. The molecule has 0 bridgehead atoms. The summed E-state index contributed by atoms with van der Waals surface area (Å²) < 4.78 is 5.55. The summed E-state index contributed by atoms with van der Waals surface area (Å²) in [5, 5.41) is 14.2. The van der Waals surface area contributed by atoms with Crippen molar-refractivity contribution >= 4 is 33.3 Å². The van der Waals surface area contributed by atoms with Gasteiger partial charge in [0.15, 0.2) is 0 Å². The molecule has 6 nitrogen and oxygen atoms in total. The predicted octanol–water partition coefficient (Wildman–Crippen LogP) is 3.53. The molecule has 26 heavy (non-hydrogen) atoms. The van der Waals surface area contributed by atoms with E-state index >= 15 is 0 Å². The molecule has 0 aliphatic heterocycles. The molecule has 4 rings (SSSR count). The Morgan fingerprint density at radius 1 is 1.04 bits per heavy atom. The van der Waals surface area contributed by atoms with Gasteiger partial charge in [0, 0.05) is 24.0 Å². The fourth-order valence-corrected chi connectivity index (χ4v) is 3.42. The number of nitrogens with zero attached hydrogens (tertiary/aromatic N) is 2. The molecule has 0 radical (unpaired) electrons. The van der Waals surface area contributed by atoms with Crippen LogP contribution in [-0.4, -0.2) is 33.6 Å². The van der Waals surface area contributed by atoms with Gasteiger partial charge in [-0.3, -0.25) is 9.89 Å². The molecule has 2 aromatic heterocycles. The molecule has 0 saturated heterocycles. The largest absolute Gasteiger partial charge is 0.367 e. The van der Waals surface area contributed by atoms with Crippen LogP contribution >= 0.6 is 11.5 Å². The Morgan fingerprint density at radius 2 is 1.85 bits per heavy atom. The van der Waals surface area contributed by atoms with Crippen LogP contribution in [-0.2, 0) is 0 Å². The van der Waals surface area contributed by atoms with E-state index in [1.807, 2.05) is 54.6 Å². The Morgan fingerprint density at radius 3 is 2.73 bits per heavy atom. The summed E-state index contributed by atoms with van der Waals surface area (Å²) in [7, 11) is 0. The lowest BCUT2D eigenvalue weighted by Gasteiger charge is -2.05. The molecule has 0 saturated carbocycles. The number of rotatable bonds is 6.